The molecule has 0 aliphatic carbocycles. The lowest BCUT2D eigenvalue weighted by Gasteiger charge is -2.02. The normalized spacial score (nSPS) is 11.1. The van der Waals surface area contributed by atoms with Gasteiger partial charge < -0.3 is 9.09 Å². The molecular formula is C12H11N3O. The summed E-state index contributed by atoms with van der Waals surface area (Å²) in [6.45, 7) is 2.73. The smallest absolute Gasteiger partial charge is 0.213 e. The Kier molecular flexibility index (Phi) is 1.99. The van der Waals surface area contributed by atoms with Gasteiger partial charge in [0.2, 0.25) is 6.39 Å². The van der Waals surface area contributed by atoms with Crippen molar-refractivity contribution in [2.24, 2.45) is 0 Å². The highest BCUT2D eigenvalue weighted by Crippen LogP contribution is 2.17. The number of benzene rings is 1. The number of aromatic nitrogens is 3. The number of nitrogens with zero attached hydrogens (tertiary/aromatic N) is 3. The number of hydrogen-bond acceptors (Lipinski definition) is 3. The molecule has 80 valence electrons. The van der Waals surface area contributed by atoms with Crippen molar-refractivity contribution in [2.75, 3.05) is 0 Å². The van der Waals surface area contributed by atoms with Crippen LogP contribution in [0.4, 0.5) is 0 Å². The fourth-order valence-corrected chi connectivity index (χ4v) is 1.85. The number of fused-ring (bicyclic) bond motifs is 1. The molecule has 4 nitrogen and oxygen atoms in total. The van der Waals surface area contributed by atoms with Crippen LogP contribution in [0.2, 0.25) is 0 Å². The third-order valence-electron chi connectivity index (χ3n) is 2.65. The van der Waals surface area contributed by atoms with Crippen LogP contribution in [0.1, 0.15) is 11.4 Å². The summed E-state index contributed by atoms with van der Waals surface area (Å²) in [5.74, 6) is 0.694. The van der Waals surface area contributed by atoms with Crippen LogP contribution in [0.5, 0.6) is 0 Å². The summed E-state index contributed by atoms with van der Waals surface area (Å²) < 4.78 is 6.84. The predicted molar refractivity (Wildman–Crippen MR) is 60.1 cm³/mol. The molecule has 0 bridgehead atoms. The van der Waals surface area contributed by atoms with Crippen molar-refractivity contribution in [1.82, 2.24) is 14.7 Å². The van der Waals surface area contributed by atoms with E-state index >= 15 is 0 Å². The Hall–Kier alpha value is -2.10. The van der Waals surface area contributed by atoms with Crippen molar-refractivity contribution in [1.29, 1.82) is 0 Å². The van der Waals surface area contributed by atoms with Gasteiger partial charge in [-0.3, -0.25) is 0 Å². The first-order chi connectivity index (χ1) is 7.83. The average Bonchev–Trinajstić information content (AvgIpc) is 2.90. The summed E-state index contributed by atoms with van der Waals surface area (Å²) in [5, 5.41) is 5.04. The Bertz CT molecular complexity index is 610. The molecule has 0 spiro atoms. The van der Waals surface area contributed by atoms with Gasteiger partial charge in [0, 0.05) is 11.7 Å². The lowest BCUT2D eigenvalue weighted by molar-refractivity contribution is 0.408. The van der Waals surface area contributed by atoms with E-state index in [-0.39, 0.29) is 0 Å². The monoisotopic (exact) mass is 213 g/mol. The molecule has 1 aromatic carbocycles. The van der Waals surface area contributed by atoms with Gasteiger partial charge in [0.25, 0.3) is 0 Å². The van der Waals surface area contributed by atoms with E-state index in [4.69, 9.17) is 4.52 Å². The molecule has 0 amide bonds. The van der Waals surface area contributed by atoms with Crippen LogP contribution in [-0.4, -0.2) is 14.7 Å². The summed E-state index contributed by atoms with van der Waals surface area (Å²) in [6.07, 6.45) is 3.40. The van der Waals surface area contributed by atoms with Crippen molar-refractivity contribution in [3.63, 3.8) is 0 Å². The number of hydrogen-bond donors (Lipinski definition) is 0. The van der Waals surface area contributed by atoms with Crippen LogP contribution in [-0.2, 0) is 6.54 Å². The highest BCUT2D eigenvalue weighted by atomic mass is 16.5. The van der Waals surface area contributed by atoms with E-state index in [0.717, 1.165) is 0 Å². The maximum absolute atomic E-state index is 4.72. The van der Waals surface area contributed by atoms with Gasteiger partial charge in [-0.2, -0.15) is 4.98 Å². The number of aryl methyl sites for hydroxylation is 1. The summed E-state index contributed by atoms with van der Waals surface area (Å²) in [5.41, 5.74) is 2.45. The second kappa shape index (κ2) is 3.48. The SMILES string of the molecule is Cc1ccc2ccn(Cc3ncon3)c2c1. The first-order valence-electron chi connectivity index (χ1n) is 5.14. The summed E-state index contributed by atoms with van der Waals surface area (Å²) in [7, 11) is 0. The minimum atomic E-state index is 0.642. The van der Waals surface area contributed by atoms with Gasteiger partial charge in [0.05, 0.1) is 6.54 Å². The Balaban J connectivity index is 2.07. The van der Waals surface area contributed by atoms with Crippen LogP contribution in [0.15, 0.2) is 41.4 Å². The molecule has 0 radical (unpaired) electrons. The summed E-state index contributed by atoms with van der Waals surface area (Å²) in [6, 6.07) is 8.49. The molecule has 0 saturated heterocycles. The Labute approximate surface area is 92.5 Å². The minimum absolute atomic E-state index is 0.642. The van der Waals surface area contributed by atoms with Gasteiger partial charge in [-0.15, -0.1) is 0 Å². The lowest BCUT2D eigenvalue weighted by atomic mass is 10.2. The molecule has 3 rings (SSSR count). The van der Waals surface area contributed by atoms with Crippen molar-refractivity contribution < 1.29 is 4.52 Å². The van der Waals surface area contributed by atoms with E-state index in [0.29, 0.717) is 12.4 Å². The zero-order valence-electron chi connectivity index (χ0n) is 8.92. The molecule has 4 heteroatoms. The van der Waals surface area contributed by atoms with Crippen LogP contribution in [0, 0.1) is 6.92 Å². The van der Waals surface area contributed by atoms with E-state index in [9.17, 15) is 0 Å². The molecule has 0 aliphatic heterocycles. The van der Waals surface area contributed by atoms with Crippen LogP contribution in [0.25, 0.3) is 10.9 Å². The van der Waals surface area contributed by atoms with Crippen LogP contribution in [0.3, 0.4) is 0 Å². The second-order valence-corrected chi connectivity index (χ2v) is 3.85. The van der Waals surface area contributed by atoms with E-state index in [2.05, 4.69) is 45.9 Å². The van der Waals surface area contributed by atoms with Gasteiger partial charge in [-0.05, 0) is 30.0 Å². The van der Waals surface area contributed by atoms with Crippen LogP contribution >= 0.6 is 0 Å². The standard InChI is InChI=1S/C12H11N3O/c1-9-2-3-10-4-5-15(11(10)6-9)7-12-13-8-16-14-12/h2-6,8H,7H2,1H3. The molecule has 16 heavy (non-hydrogen) atoms. The Morgan fingerprint density at radius 2 is 2.25 bits per heavy atom. The van der Waals surface area contributed by atoms with E-state index in [1.54, 1.807) is 0 Å². The zero-order chi connectivity index (χ0) is 11.0. The topological polar surface area (TPSA) is 43.9 Å². The van der Waals surface area contributed by atoms with E-state index in [1.807, 2.05) is 6.20 Å². The zero-order valence-corrected chi connectivity index (χ0v) is 8.92. The average molecular weight is 213 g/mol. The molecule has 0 saturated carbocycles. The fraction of sp³-hybridized carbons (Fsp3) is 0.167. The molecule has 2 heterocycles. The number of rotatable bonds is 2. The molecule has 2 aromatic heterocycles. The molecule has 0 fully saturated rings. The third-order valence-corrected chi connectivity index (χ3v) is 2.65. The van der Waals surface area contributed by atoms with Crippen molar-refractivity contribution in [2.45, 2.75) is 13.5 Å². The maximum Gasteiger partial charge on any atom is 0.213 e. The van der Waals surface area contributed by atoms with Gasteiger partial charge >= 0.3 is 0 Å². The van der Waals surface area contributed by atoms with Gasteiger partial charge in [-0.1, -0.05) is 17.3 Å². The van der Waals surface area contributed by atoms with Crippen molar-refractivity contribution in [3.05, 3.63) is 48.2 Å². The predicted octanol–water partition coefficient (Wildman–Crippen LogP) is 2.38. The van der Waals surface area contributed by atoms with Crippen LogP contribution < -0.4 is 0 Å². The largest absolute Gasteiger partial charge is 0.343 e. The molecule has 0 atom stereocenters. The van der Waals surface area contributed by atoms with E-state index in [1.165, 1.54) is 22.9 Å². The van der Waals surface area contributed by atoms with Gasteiger partial charge in [0.15, 0.2) is 5.82 Å². The van der Waals surface area contributed by atoms with Crippen molar-refractivity contribution in [3.8, 4) is 0 Å². The first-order valence-corrected chi connectivity index (χ1v) is 5.14. The molecule has 0 N–H and O–H groups in total. The highest BCUT2D eigenvalue weighted by molar-refractivity contribution is 5.80. The maximum atomic E-state index is 4.72. The summed E-state index contributed by atoms with van der Waals surface area (Å²) in [4.78, 5) is 4.02. The minimum Gasteiger partial charge on any atom is -0.343 e. The first kappa shape index (κ1) is 9.15. The van der Waals surface area contributed by atoms with Crippen molar-refractivity contribution >= 4 is 10.9 Å². The summed E-state index contributed by atoms with van der Waals surface area (Å²) >= 11 is 0. The second-order valence-electron chi connectivity index (χ2n) is 3.85. The molecule has 0 aliphatic rings. The Morgan fingerprint density at radius 3 is 3.06 bits per heavy atom. The molecule has 3 aromatic rings. The van der Waals surface area contributed by atoms with E-state index < -0.39 is 0 Å². The Morgan fingerprint density at radius 1 is 1.31 bits per heavy atom. The lowest BCUT2D eigenvalue weighted by Crippen LogP contribution is -1.99. The molecular weight excluding hydrogens is 202 g/mol. The molecule has 0 unspecified atom stereocenters. The third kappa shape index (κ3) is 1.48. The fourth-order valence-electron chi connectivity index (χ4n) is 1.85. The van der Waals surface area contributed by atoms with Gasteiger partial charge in [0.1, 0.15) is 0 Å². The van der Waals surface area contributed by atoms with Gasteiger partial charge in [-0.25, -0.2) is 0 Å². The quantitative estimate of drug-likeness (QED) is 0.656. The highest BCUT2D eigenvalue weighted by Gasteiger charge is 2.04.